The van der Waals surface area contributed by atoms with Crippen molar-refractivity contribution in [3.8, 4) is 0 Å². The molecule has 0 spiro atoms. The van der Waals surface area contributed by atoms with E-state index in [1.54, 1.807) is 4.90 Å². The first-order chi connectivity index (χ1) is 8.86. The van der Waals surface area contributed by atoms with Gasteiger partial charge in [0.05, 0.1) is 13.5 Å². The average molecular weight is 272 g/mol. The molecule has 1 unspecified atom stereocenters. The number of rotatable bonds is 9. The lowest BCUT2D eigenvalue weighted by Gasteiger charge is -2.24. The quantitative estimate of drug-likeness (QED) is 0.646. The van der Waals surface area contributed by atoms with E-state index in [2.05, 4.69) is 18.6 Å². The predicted molar refractivity (Wildman–Crippen MR) is 75.6 cm³/mol. The number of hydrogen-bond donors (Lipinski definition) is 1. The minimum atomic E-state index is -0.280. The highest BCUT2D eigenvalue weighted by Crippen LogP contribution is 2.07. The largest absolute Gasteiger partial charge is 0.469 e. The number of ether oxygens (including phenoxy) is 1. The Kier molecular flexibility index (Phi) is 9.21. The molecule has 2 N–H and O–H groups in total. The van der Waals surface area contributed by atoms with Gasteiger partial charge >= 0.3 is 5.97 Å². The van der Waals surface area contributed by atoms with Gasteiger partial charge < -0.3 is 15.4 Å². The number of carbonyl (C=O) groups excluding carboxylic acids is 2. The second kappa shape index (κ2) is 9.78. The summed E-state index contributed by atoms with van der Waals surface area (Å²) in [6.45, 7) is 7.16. The van der Waals surface area contributed by atoms with E-state index in [1.165, 1.54) is 7.11 Å². The van der Waals surface area contributed by atoms with Crippen LogP contribution in [0.5, 0.6) is 0 Å². The number of nitrogens with zero attached hydrogens (tertiary/aromatic N) is 1. The van der Waals surface area contributed by atoms with Crippen molar-refractivity contribution in [1.82, 2.24) is 4.90 Å². The summed E-state index contributed by atoms with van der Waals surface area (Å²) in [5.74, 6) is 0.199. The Balaban J connectivity index is 4.23. The fourth-order valence-electron chi connectivity index (χ4n) is 1.82. The van der Waals surface area contributed by atoms with Gasteiger partial charge in [0.15, 0.2) is 0 Å². The maximum atomic E-state index is 12.1. The lowest BCUT2D eigenvalue weighted by molar-refractivity contribution is -0.141. The van der Waals surface area contributed by atoms with E-state index in [1.807, 2.05) is 6.92 Å². The predicted octanol–water partition coefficient (Wildman–Crippen LogP) is 1.55. The molecule has 0 saturated carbocycles. The Labute approximate surface area is 116 Å². The minimum absolute atomic E-state index is 0.0956. The molecular weight excluding hydrogens is 244 g/mol. The third kappa shape index (κ3) is 9.47. The highest BCUT2D eigenvalue weighted by Gasteiger charge is 2.16. The van der Waals surface area contributed by atoms with Crippen LogP contribution in [-0.2, 0) is 14.3 Å². The molecule has 0 bridgehead atoms. The number of hydrogen-bond acceptors (Lipinski definition) is 4. The summed E-state index contributed by atoms with van der Waals surface area (Å²) in [6, 6.07) is 0.126. The highest BCUT2D eigenvalue weighted by molar-refractivity contribution is 5.77. The Morgan fingerprint density at radius 3 is 2.32 bits per heavy atom. The molecule has 0 heterocycles. The van der Waals surface area contributed by atoms with Gasteiger partial charge in [0, 0.05) is 25.6 Å². The molecule has 0 radical (unpaired) electrons. The van der Waals surface area contributed by atoms with Gasteiger partial charge in [0.1, 0.15) is 0 Å². The van der Waals surface area contributed by atoms with Crippen LogP contribution < -0.4 is 5.73 Å². The molecule has 0 aromatic rings. The van der Waals surface area contributed by atoms with E-state index in [-0.39, 0.29) is 24.3 Å². The van der Waals surface area contributed by atoms with Crippen LogP contribution in [0, 0.1) is 5.92 Å². The lowest BCUT2D eigenvalue weighted by atomic mass is 10.1. The van der Waals surface area contributed by atoms with Gasteiger partial charge in [-0.1, -0.05) is 13.8 Å². The Hall–Kier alpha value is -1.10. The fraction of sp³-hybridized carbons (Fsp3) is 0.857. The average Bonchev–Trinajstić information content (AvgIpc) is 2.32. The van der Waals surface area contributed by atoms with Gasteiger partial charge in [-0.2, -0.15) is 0 Å². The summed E-state index contributed by atoms with van der Waals surface area (Å²) >= 11 is 0. The topological polar surface area (TPSA) is 72.6 Å². The summed E-state index contributed by atoms with van der Waals surface area (Å²) in [7, 11) is 1.36. The van der Waals surface area contributed by atoms with Crippen LogP contribution in [0.25, 0.3) is 0 Å². The lowest BCUT2D eigenvalue weighted by Crippen LogP contribution is -2.36. The molecule has 5 nitrogen and oxygen atoms in total. The number of methoxy groups -OCH3 is 1. The molecule has 1 amide bonds. The van der Waals surface area contributed by atoms with Crippen LogP contribution in [0.15, 0.2) is 0 Å². The van der Waals surface area contributed by atoms with Gasteiger partial charge in [-0.05, 0) is 25.7 Å². The monoisotopic (exact) mass is 272 g/mol. The van der Waals surface area contributed by atoms with Gasteiger partial charge in [-0.15, -0.1) is 0 Å². The summed E-state index contributed by atoms with van der Waals surface area (Å²) in [5.41, 5.74) is 5.67. The standard InChI is InChI=1S/C14H28N2O3/c1-11(2)10-16(9-8-14(18)19-4)13(17)7-5-6-12(3)15/h11-12H,5-10,15H2,1-4H3. The normalized spacial score (nSPS) is 12.3. The van der Waals surface area contributed by atoms with E-state index in [0.717, 1.165) is 12.8 Å². The van der Waals surface area contributed by atoms with Crippen LogP contribution in [0.3, 0.4) is 0 Å². The summed E-state index contributed by atoms with van der Waals surface area (Å²) < 4.78 is 4.60. The smallest absolute Gasteiger partial charge is 0.307 e. The van der Waals surface area contributed by atoms with Gasteiger partial charge in [0.2, 0.25) is 5.91 Å². The van der Waals surface area contributed by atoms with Crippen molar-refractivity contribution in [2.75, 3.05) is 20.2 Å². The second-order valence-electron chi connectivity index (χ2n) is 5.43. The third-order valence-corrected chi connectivity index (χ3v) is 2.80. The van der Waals surface area contributed by atoms with Crippen LogP contribution >= 0.6 is 0 Å². The van der Waals surface area contributed by atoms with Crippen molar-refractivity contribution in [1.29, 1.82) is 0 Å². The van der Waals surface area contributed by atoms with Crippen molar-refractivity contribution >= 4 is 11.9 Å². The number of amides is 1. The summed E-state index contributed by atoms with van der Waals surface area (Å²) in [6.07, 6.45) is 2.39. The molecule has 0 saturated heterocycles. The molecule has 1 atom stereocenters. The maximum absolute atomic E-state index is 12.1. The molecule has 0 rings (SSSR count). The van der Waals surface area contributed by atoms with Crippen LogP contribution in [0.1, 0.15) is 46.5 Å². The molecule has 0 fully saturated rings. The summed E-state index contributed by atoms with van der Waals surface area (Å²) in [4.78, 5) is 25.0. The van der Waals surface area contributed by atoms with Crippen LogP contribution in [-0.4, -0.2) is 43.0 Å². The maximum Gasteiger partial charge on any atom is 0.307 e. The molecule has 0 aromatic carbocycles. The molecule has 112 valence electrons. The van der Waals surface area contributed by atoms with Crippen molar-refractivity contribution in [2.45, 2.75) is 52.5 Å². The van der Waals surface area contributed by atoms with Gasteiger partial charge in [-0.3, -0.25) is 9.59 Å². The highest BCUT2D eigenvalue weighted by atomic mass is 16.5. The second-order valence-corrected chi connectivity index (χ2v) is 5.43. The fourth-order valence-corrected chi connectivity index (χ4v) is 1.82. The Bertz CT molecular complexity index is 278. The van der Waals surface area contributed by atoms with Crippen LogP contribution in [0.2, 0.25) is 0 Å². The zero-order valence-corrected chi connectivity index (χ0v) is 12.6. The van der Waals surface area contributed by atoms with Crippen molar-refractivity contribution in [3.05, 3.63) is 0 Å². The van der Waals surface area contributed by atoms with Crippen LogP contribution in [0.4, 0.5) is 0 Å². The molecule has 0 aliphatic carbocycles. The summed E-state index contributed by atoms with van der Waals surface area (Å²) in [5, 5.41) is 0. The number of nitrogens with two attached hydrogens (primary N) is 1. The number of carbonyl (C=O) groups is 2. The molecule has 0 aliphatic rings. The zero-order valence-electron chi connectivity index (χ0n) is 12.6. The first kappa shape index (κ1) is 17.9. The van der Waals surface area contributed by atoms with Crippen molar-refractivity contribution in [3.63, 3.8) is 0 Å². The van der Waals surface area contributed by atoms with Gasteiger partial charge in [-0.25, -0.2) is 0 Å². The third-order valence-electron chi connectivity index (χ3n) is 2.80. The first-order valence-corrected chi connectivity index (χ1v) is 6.97. The van der Waals surface area contributed by atoms with E-state index in [4.69, 9.17) is 5.73 Å². The van der Waals surface area contributed by atoms with E-state index in [9.17, 15) is 9.59 Å². The Morgan fingerprint density at radius 2 is 1.84 bits per heavy atom. The zero-order chi connectivity index (χ0) is 14.8. The van der Waals surface area contributed by atoms with Crippen molar-refractivity contribution < 1.29 is 14.3 Å². The Morgan fingerprint density at radius 1 is 1.21 bits per heavy atom. The first-order valence-electron chi connectivity index (χ1n) is 6.97. The van der Waals surface area contributed by atoms with Gasteiger partial charge in [0.25, 0.3) is 0 Å². The molecular formula is C14H28N2O3. The molecule has 0 aromatic heterocycles. The van der Waals surface area contributed by atoms with E-state index < -0.39 is 0 Å². The molecule has 19 heavy (non-hydrogen) atoms. The SMILES string of the molecule is COC(=O)CCN(CC(C)C)C(=O)CCCC(C)N. The van der Waals surface area contributed by atoms with E-state index in [0.29, 0.717) is 25.4 Å². The number of esters is 1. The minimum Gasteiger partial charge on any atom is -0.469 e. The van der Waals surface area contributed by atoms with Crippen molar-refractivity contribution in [2.24, 2.45) is 11.7 Å². The molecule has 5 heteroatoms. The molecule has 0 aliphatic heterocycles. The van der Waals surface area contributed by atoms with E-state index >= 15 is 0 Å².